The Labute approximate surface area is 134 Å². The molecule has 0 bridgehead atoms. The lowest BCUT2D eigenvalue weighted by Gasteiger charge is -2.34. The molecule has 3 N–H and O–H groups in total. The molecule has 21 heavy (non-hydrogen) atoms. The van der Waals surface area contributed by atoms with Crippen molar-refractivity contribution in [2.45, 2.75) is 33.2 Å². The van der Waals surface area contributed by atoms with Gasteiger partial charge in [-0.05, 0) is 55.5 Å². The molecule has 0 aromatic heterocycles. The Balaban J connectivity index is 2.07. The predicted molar refractivity (Wildman–Crippen MR) is 87.0 cm³/mol. The third-order valence-corrected chi connectivity index (χ3v) is 4.87. The normalized spacial score (nSPS) is 17.5. The predicted octanol–water partition coefficient (Wildman–Crippen LogP) is 2.44. The van der Waals surface area contributed by atoms with E-state index in [1.54, 1.807) is 0 Å². The van der Waals surface area contributed by atoms with E-state index in [4.69, 9.17) is 10.5 Å². The molecule has 1 aliphatic rings. The minimum atomic E-state index is -0.463. The van der Waals surface area contributed by atoms with Crippen molar-refractivity contribution in [2.75, 3.05) is 19.8 Å². The standard InChI is InChI=1S/C16H23BrN2O2/c1-11-7-13(17)8-12(2)14(11)9-19-15(20)16(10-18)3-5-21-6-4-16/h7-8H,3-6,9-10,18H2,1-2H3,(H,19,20). The summed E-state index contributed by atoms with van der Waals surface area (Å²) in [6.07, 6.45) is 1.40. The van der Waals surface area contributed by atoms with Crippen LogP contribution in [0.15, 0.2) is 16.6 Å². The van der Waals surface area contributed by atoms with E-state index in [0.717, 1.165) is 4.47 Å². The van der Waals surface area contributed by atoms with Crippen molar-refractivity contribution in [3.63, 3.8) is 0 Å². The first-order valence-corrected chi connectivity index (χ1v) is 8.09. The zero-order valence-electron chi connectivity index (χ0n) is 12.7. The lowest BCUT2D eigenvalue weighted by Crippen LogP contribution is -2.49. The van der Waals surface area contributed by atoms with Gasteiger partial charge in [0.2, 0.25) is 5.91 Å². The molecule has 5 heteroatoms. The molecule has 1 aromatic rings. The van der Waals surface area contributed by atoms with Crippen molar-refractivity contribution >= 4 is 21.8 Å². The van der Waals surface area contributed by atoms with Crippen LogP contribution >= 0.6 is 15.9 Å². The van der Waals surface area contributed by atoms with E-state index in [2.05, 4.69) is 47.2 Å². The van der Waals surface area contributed by atoms with Gasteiger partial charge in [0.25, 0.3) is 0 Å². The van der Waals surface area contributed by atoms with E-state index >= 15 is 0 Å². The maximum Gasteiger partial charge on any atom is 0.227 e. The molecule has 0 saturated carbocycles. The number of hydrogen-bond acceptors (Lipinski definition) is 3. The number of benzene rings is 1. The van der Waals surface area contributed by atoms with Gasteiger partial charge in [0.05, 0.1) is 5.41 Å². The van der Waals surface area contributed by atoms with Crippen molar-refractivity contribution in [3.8, 4) is 0 Å². The minimum absolute atomic E-state index is 0.0509. The quantitative estimate of drug-likeness (QED) is 0.872. The number of amides is 1. The van der Waals surface area contributed by atoms with Crippen molar-refractivity contribution in [2.24, 2.45) is 11.1 Å². The lowest BCUT2D eigenvalue weighted by atomic mass is 9.79. The first-order chi connectivity index (χ1) is 9.98. The van der Waals surface area contributed by atoms with E-state index < -0.39 is 5.41 Å². The van der Waals surface area contributed by atoms with Crippen LogP contribution in [-0.4, -0.2) is 25.7 Å². The van der Waals surface area contributed by atoms with E-state index in [0.29, 0.717) is 39.1 Å². The summed E-state index contributed by atoms with van der Waals surface area (Å²) in [5, 5.41) is 3.07. The number of carbonyl (C=O) groups is 1. The van der Waals surface area contributed by atoms with Gasteiger partial charge in [-0.25, -0.2) is 0 Å². The number of nitrogens with one attached hydrogen (secondary N) is 1. The maximum absolute atomic E-state index is 12.6. The molecular formula is C16H23BrN2O2. The van der Waals surface area contributed by atoms with Gasteiger partial charge < -0.3 is 15.8 Å². The second kappa shape index (κ2) is 6.90. The van der Waals surface area contributed by atoms with Crippen LogP contribution in [-0.2, 0) is 16.1 Å². The van der Waals surface area contributed by atoms with E-state index in [-0.39, 0.29) is 5.91 Å². The van der Waals surface area contributed by atoms with Crippen LogP contribution in [0.5, 0.6) is 0 Å². The summed E-state index contributed by atoms with van der Waals surface area (Å²) in [6.45, 7) is 6.27. The minimum Gasteiger partial charge on any atom is -0.381 e. The molecule has 0 spiro atoms. The van der Waals surface area contributed by atoms with Gasteiger partial charge in [0, 0.05) is 30.8 Å². The molecule has 1 aromatic carbocycles. The number of hydrogen-bond donors (Lipinski definition) is 2. The lowest BCUT2D eigenvalue weighted by molar-refractivity contribution is -0.136. The van der Waals surface area contributed by atoms with E-state index in [1.807, 2.05) is 0 Å². The van der Waals surface area contributed by atoms with Gasteiger partial charge >= 0.3 is 0 Å². The Morgan fingerprint density at radius 3 is 2.43 bits per heavy atom. The molecule has 1 heterocycles. The molecule has 0 atom stereocenters. The van der Waals surface area contributed by atoms with Crippen LogP contribution in [0, 0.1) is 19.3 Å². The Hall–Kier alpha value is -0.910. The third kappa shape index (κ3) is 3.65. The molecule has 1 saturated heterocycles. The molecule has 1 amide bonds. The van der Waals surface area contributed by atoms with Crippen LogP contribution in [0.25, 0.3) is 0 Å². The molecule has 0 unspecified atom stereocenters. The van der Waals surface area contributed by atoms with Gasteiger partial charge in [0.1, 0.15) is 0 Å². The summed E-state index contributed by atoms with van der Waals surface area (Å²) in [4.78, 5) is 12.6. The summed E-state index contributed by atoms with van der Waals surface area (Å²) < 4.78 is 6.42. The molecule has 2 rings (SSSR count). The second-order valence-corrected chi connectivity index (χ2v) is 6.71. The Morgan fingerprint density at radius 2 is 1.90 bits per heavy atom. The number of carbonyl (C=O) groups excluding carboxylic acids is 1. The zero-order chi connectivity index (χ0) is 15.5. The summed E-state index contributed by atoms with van der Waals surface area (Å²) in [5.41, 5.74) is 8.93. The summed E-state index contributed by atoms with van der Waals surface area (Å²) in [5.74, 6) is 0.0509. The molecule has 0 aliphatic carbocycles. The number of aryl methyl sites for hydroxylation is 2. The number of rotatable bonds is 4. The van der Waals surface area contributed by atoms with Crippen molar-refractivity contribution in [1.82, 2.24) is 5.32 Å². The number of ether oxygens (including phenoxy) is 1. The van der Waals surface area contributed by atoms with Gasteiger partial charge in [-0.15, -0.1) is 0 Å². The molecule has 0 radical (unpaired) electrons. The van der Waals surface area contributed by atoms with Crippen molar-refractivity contribution in [3.05, 3.63) is 33.3 Å². The molecule has 4 nitrogen and oxygen atoms in total. The van der Waals surface area contributed by atoms with Gasteiger partial charge in [0.15, 0.2) is 0 Å². The fourth-order valence-electron chi connectivity index (χ4n) is 2.86. The maximum atomic E-state index is 12.6. The monoisotopic (exact) mass is 354 g/mol. The van der Waals surface area contributed by atoms with Crippen LogP contribution in [0.1, 0.15) is 29.5 Å². The van der Waals surface area contributed by atoms with Gasteiger partial charge in [-0.3, -0.25) is 4.79 Å². The highest BCUT2D eigenvalue weighted by Gasteiger charge is 2.38. The fraction of sp³-hybridized carbons (Fsp3) is 0.562. The average Bonchev–Trinajstić information content (AvgIpc) is 2.46. The van der Waals surface area contributed by atoms with Crippen molar-refractivity contribution in [1.29, 1.82) is 0 Å². The Morgan fingerprint density at radius 1 is 1.33 bits per heavy atom. The zero-order valence-corrected chi connectivity index (χ0v) is 14.3. The Bertz CT molecular complexity index is 502. The summed E-state index contributed by atoms with van der Waals surface area (Å²) in [7, 11) is 0. The number of nitrogens with two attached hydrogens (primary N) is 1. The van der Waals surface area contributed by atoms with E-state index in [9.17, 15) is 4.79 Å². The smallest absolute Gasteiger partial charge is 0.227 e. The van der Waals surface area contributed by atoms with Crippen LogP contribution in [0.3, 0.4) is 0 Å². The summed E-state index contributed by atoms with van der Waals surface area (Å²) in [6, 6.07) is 4.14. The second-order valence-electron chi connectivity index (χ2n) is 5.80. The molecule has 1 aliphatic heterocycles. The highest BCUT2D eigenvalue weighted by molar-refractivity contribution is 9.10. The Kier molecular flexibility index (Phi) is 5.41. The van der Waals surface area contributed by atoms with Gasteiger partial charge in [-0.1, -0.05) is 15.9 Å². The topological polar surface area (TPSA) is 64.4 Å². The fourth-order valence-corrected chi connectivity index (χ4v) is 3.55. The largest absolute Gasteiger partial charge is 0.381 e. The molecule has 116 valence electrons. The van der Waals surface area contributed by atoms with Crippen LogP contribution in [0.2, 0.25) is 0 Å². The molecule has 1 fully saturated rings. The molecular weight excluding hydrogens is 332 g/mol. The average molecular weight is 355 g/mol. The van der Waals surface area contributed by atoms with E-state index in [1.165, 1.54) is 16.7 Å². The third-order valence-electron chi connectivity index (χ3n) is 4.41. The van der Waals surface area contributed by atoms with Crippen molar-refractivity contribution < 1.29 is 9.53 Å². The first-order valence-electron chi connectivity index (χ1n) is 7.30. The van der Waals surface area contributed by atoms with Crippen LogP contribution in [0.4, 0.5) is 0 Å². The summed E-state index contributed by atoms with van der Waals surface area (Å²) >= 11 is 3.49. The van der Waals surface area contributed by atoms with Crippen LogP contribution < -0.4 is 11.1 Å². The highest BCUT2D eigenvalue weighted by atomic mass is 79.9. The number of halogens is 1. The van der Waals surface area contributed by atoms with Gasteiger partial charge in [-0.2, -0.15) is 0 Å². The first kappa shape index (κ1) is 16.5. The highest BCUT2D eigenvalue weighted by Crippen LogP contribution is 2.30. The SMILES string of the molecule is Cc1cc(Br)cc(C)c1CNC(=O)C1(CN)CCOCC1.